The molecular formula is C17H25N5. The van der Waals surface area contributed by atoms with E-state index in [4.69, 9.17) is 0 Å². The molecule has 2 rings (SSSR count). The van der Waals surface area contributed by atoms with Crippen LogP contribution in [-0.2, 0) is 6.42 Å². The molecule has 1 N–H and O–H groups in total. The molecular weight excluding hydrogens is 274 g/mol. The molecule has 0 aliphatic heterocycles. The molecule has 0 aliphatic rings. The normalized spacial score (nSPS) is 10.5. The van der Waals surface area contributed by atoms with Crippen molar-refractivity contribution in [3.8, 4) is 0 Å². The lowest BCUT2D eigenvalue weighted by atomic mass is 10.1. The van der Waals surface area contributed by atoms with Gasteiger partial charge in [-0.2, -0.15) is 10.1 Å². The predicted molar refractivity (Wildman–Crippen MR) is 91.3 cm³/mol. The van der Waals surface area contributed by atoms with Crippen molar-refractivity contribution in [2.24, 2.45) is 0 Å². The average molecular weight is 299 g/mol. The van der Waals surface area contributed by atoms with Crippen LogP contribution < -0.4 is 10.2 Å². The Hall–Kier alpha value is -2.17. The molecule has 0 atom stereocenters. The van der Waals surface area contributed by atoms with Crippen molar-refractivity contribution >= 4 is 11.8 Å². The van der Waals surface area contributed by atoms with Crippen molar-refractivity contribution in [1.29, 1.82) is 0 Å². The van der Waals surface area contributed by atoms with Crippen LogP contribution in [0.15, 0.2) is 36.5 Å². The van der Waals surface area contributed by atoms with Crippen LogP contribution >= 0.6 is 0 Å². The first-order chi connectivity index (χ1) is 10.8. The highest BCUT2D eigenvalue weighted by molar-refractivity contribution is 5.39. The van der Waals surface area contributed by atoms with Gasteiger partial charge in [-0.1, -0.05) is 44.2 Å². The minimum atomic E-state index is 0.716. The maximum absolute atomic E-state index is 4.58. The molecule has 0 saturated carbocycles. The number of anilines is 2. The fourth-order valence-corrected chi connectivity index (χ4v) is 2.34. The van der Waals surface area contributed by atoms with Gasteiger partial charge >= 0.3 is 0 Å². The lowest BCUT2D eigenvalue weighted by Crippen LogP contribution is -2.27. The van der Waals surface area contributed by atoms with Crippen LogP contribution in [0.1, 0.15) is 32.3 Å². The van der Waals surface area contributed by atoms with E-state index in [1.165, 1.54) is 5.56 Å². The van der Waals surface area contributed by atoms with Gasteiger partial charge in [-0.25, -0.2) is 0 Å². The Morgan fingerprint density at radius 1 is 1.05 bits per heavy atom. The van der Waals surface area contributed by atoms with Crippen molar-refractivity contribution in [2.45, 2.75) is 33.1 Å². The fourth-order valence-electron chi connectivity index (χ4n) is 2.34. The second kappa shape index (κ2) is 8.97. The van der Waals surface area contributed by atoms with Gasteiger partial charge in [-0.3, -0.25) is 0 Å². The number of nitrogens with zero attached hydrogens (tertiary/aromatic N) is 4. The molecule has 118 valence electrons. The second-order valence-corrected chi connectivity index (χ2v) is 5.29. The van der Waals surface area contributed by atoms with Gasteiger partial charge in [0.25, 0.3) is 0 Å². The number of hydrogen-bond acceptors (Lipinski definition) is 5. The number of nitrogens with one attached hydrogen (secondary N) is 1. The maximum atomic E-state index is 4.58. The first-order valence-electron chi connectivity index (χ1n) is 8.06. The Morgan fingerprint density at radius 2 is 1.77 bits per heavy atom. The zero-order valence-electron chi connectivity index (χ0n) is 13.5. The maximum Gasteiger partial charge on any atom is 0.247 e. The Bertz CT molecular complexity index is 538. The van der Waals surface area contributed by atoms with Crippen LogP contribution in [0.5, 0.6) is 0 Å². The number of aromatic nitrogens is 3. The lowest BCUT2D eigenvalue weighted by Gasteiger charge is -2.20. The summed E-state index contributed by atoms with van der Waals surface area (Å²) in [6, 6.07) is 10.4. The quantitative estimate of drug-likeness (QED) is 0.771. The molecule has 0 aliphatic carbocycles. The second-order valence-electron chi connectivity index (χ2n) is 5.29. The summed E-state index contributed by atoms with van der Waals surface area (Å²) in [4.78, 5) is 6.77. The van der Waals surface area contributed by atoms with Crippen molar-refractivity contribution in [2.75, 3.05) is 29.9 Å². The molecule has 5 heteroatoms. The van der Waals surface area contributed by atoms with Gasteiger partial charge in [0.1, 0.15) is 0 Å². The van der Waals surface area contributed by atoms with E-state index < -0.39 is 0 Å². The van der Waals surface area contributed by atoms with Crippen LogP contribution in [-0.4, -0.2) is 34.8 Å². The third-order valence-electron chi connectivity index (χ3n) is 3.38. The molecule has 1 heterocycles. The van der Waals surface area contributed by atoms with Crippen molar-refractivity contribution in [3.05, 3.63) is 42.1 Å². The lowest BCUT2D eigenvalue weighted by molar-refractivity contribution is 0.710. The van der Waals surface area contributed by atoms with Gasteiger partial charge in [0.15, 0.2) is 5.82 Å². The minimum absolute atomic E-state index is 0.716. The van der Waals surface area contributed by atoms with Crippen molar-refractivity contribution in [1.82, 2.24) is 15.2 Å². The average Bonchev–Trinajstić information content (AvgIpc) is 2.56. The Kier molecular flexibility index (Phi) is 6.61. The van der Waals surface area contributed by atoms with E-state index in [1.807, 2.05) is 6.07 Å². The molecule has 0 saturated heterocycles. The van der Waals surface area contributed by atoms with Crippen LogP contribution in [0.2, 0.25) is 0 Å². The Labute approximate surface area is 132 Å². The van der Waals surface area contributed by atoms with Crippen LogP contribution in [0.25, 0.3) is 0 Å². The van der Waals surface area contributed by atoms with E-state index in [-0.39, 0.29) is 0 Å². The van der Waals surface area contributed by atoms with Crippen molar-refractivity contribution < 1.29 is 0 Å². The number of hydrogen-bond donors (Lipinski definition) is 1. The topological polar surface area (TPSA) is 53.9 Å². The molecule has 0 amide bonds. The zero-order chi connectivity index (χ0) is 15.6. The summed E-state index contributed by atoms with van der Waals surface area (Å²) in [5.74, 6) is 1.51. The van der Waals surface area contributed by atoms with Gasteiger partial charge in [0, 0.05) is 19.6 Å². The summed E-state index contributed by atoms with van der Waals surface area (Å²) in [6.45, 7) is 7.09. The summed E-state index contributed by atoms with van der Waals surface area (Å²) >= 11 is 0. The van der Waals surface area contributed by atoms with Crippen LogP contribution in [0, 0.1) is 0 Å². The molecule has 0 spiro atoms. The van der Waals surface area contributed by atoms with Gasteiger partial charge in [-0.15, -0.1) is 5.10 Å². The fraction of sp³-hybridized carbons (Fsp3) is 0.471. The summed E-state index contributed by atoms with van der Waals surface area (Å²) in [7, 11) is 0. The molecule has 0 fully saturated rings. The Morgan fingerprint density at radius 3 is 2.45 bits per heavy atom. The van der Waals surface area contributed by atoms with Crippen LogP contribution in [0.3, 0.4) is 0 Å². The van der Waals surface area contributed by atoms with E-state index in [0.29, 0.717) is 5.95 Å². The summed E-state index contributed by atoms with van der Waals surface area (Å²) in [6.07, 6.45) is 4.81. The van der Waals surface area contributed by atoms with Gasteiger partial charge in [-0.05, 0) is 24.8 Å². The molecule has 1 aromatic heterocycles. The monoisotopic (exact) mass is 299 g/mol. The van der Waals surface area contributed by atoms with E-state index in [9.17, 15) is 0 Å². The molecule has 2 aromatic rings. The molecule has 0 bridgehead atoms. The number of benzene rings is 1. The summed E-state index contributed by atoms with van der Waals surface area (Å²) in [5, 5.41) is 11.6. The first-order valence-corrected chi connectivity index (χ1v) is 8.06. The highest BCUT2D eigenvalue weighted by atomic mass is 15.3. The third-order valence-corrected chi connectivity index (χ3v) is 3.38. The Balaban J connectivity index is 1.92. The van der Waals surface area contributed by atoms with E-state index >= 15 is 0 Å². The predicted octanol–water partition coefficient (Wildman–Crippen LogP) is 3.15. The molecule has 0 unspecified atom stereocenters. The first kappa shape index (κ1) is 16.2. The van der Waals surface area contributed by atoms with Gasteiger partial charge in [0.2, 0.25) is 5.95 Å². The minimum Gasteiger partial charge on any atom is -0.368 e. The van der Waals surface area contributed by atoms with Crippen molar-refractivity contribution in [3.63, 3.8) is 0 Å². The highest BCUT2D eigenvalue weighted by Crippen LogP contribution is 2.10. The molecule has 1 aromatic carbocycles. The summed E-state index contributed by atoms with van der Waals surface area (Å²) < 4.78 is 0. The molecule has 22 heavy (non-hydrogen) atoms. The van der Waals surface area contributed by atoms with E-state index in [2.05, 4.69) is 63.5 Å². The van der Waals surface area contributed by atoms with Gasteiger partial charge < -0.3 is 10.2 Å². The standard InChI is InChI=1S/C17H25N5/c1-3-12-22(13-4-2)17-20-16(14-19-21-17)18-11-10-15-8-6-5-7-9-15/h5-9,14H,3-4,10-13H2,1-2H3,(H,18,20,21). The largest absolute Gasteiger partial charge is 0.368 e. The zero-order valence-corrected chi connectivity index (χ0v) is 13.5. The van der Waals surface area contributed by atoms with Gasteiger partial charge in [0.05, 0.1) is 6.20 Å². The van der Waals surface area contributed by atoms with Crippen LogP contribution in [0.4, 0.5) is 11.8 Å². The van der Waals surface area contributed by atoms with E-state index in [1.54, 1.807) is 6.20 Å². The molecule has 5 nitrogen and oxygen atoms in total. The SMILES string of the molecule is CCCN(CCC)c1nncc(NCCc2ccccc2)n1. The third kappa shape index (κ3) is 4.98. The highest BCUT2D eigenvalue weighted by Gasteiger charge is 2.09. The number of rotatable bonds is 9. The summed E-state index contributed by atoms with van der Waals surface area (Å²) in [5.41, 5.74) is 1.32. The van der Waals surface area contributed by atoms with E-state index in [0.717, 1.165) is 44.7 Å². The molecule has 0 radical (unpaired) electrons. The smallest absolute Gasteiger partial charge is 0.247 e.